The van der Waals surface area contributed by atoms with E-state index >= 15 is 0 Å². The van der Waals surface area contributed by atoms with E-state index in [-0.39, 0.29) is 0 Å². The molecule has 0 aromatic rings. The van der Waals surface area contributed by atoms with Crippen molar-refractivity contribution in [2.75, 3.05) is 33.4 Å². The van der Waals surface area contributed by atoms with E-state index in [4.69, 9.17) is 4.74 Å². The molecular formula is C16H32N2O. The smallest absolute Gasteiger partial charge is 0.0491 e. The van der Waals surface area contributed by atoms with Crippen molar-refractivity contribution in [3.05, 3.63) is 0 Å². The van der Waals surface area contributed by atoms with Gasteiger partial charge in [0.25, 0.3) is 0 Å². The van der Waals surface area contributed by atoms with Crippen LogP contribution < -0.4 is 5.32 Å². The molecule has 1 heterocycles. The third-order valence-corrected chi connectivity index (χ3v) is 4.95. The van der Waals surface area contributed by atoms with Gasteiger partial charge in [0.2, 0.25) is 0 Å². The van der Waals surface area contributed by atoms with Crippen LogP contribution in [0, 0.1) is 5.92 Å². The molecule has 19 heavy (non-hydrogen) atoms. The molecule has 1 aliphatic heterocycles. The molecule has 1 aliphatic carbocycles. The van der Waals surface area contributed by atoms with Gasteiger partial charge in [-0.05, 0) is 70.5 Å². The molecule has 1 saturated carbocycles. The fourth-order valence-corrected chi connectivity index (χ4v) is 3.71. The SMILES string of the molecule is CCCNC1CCC(N2CCC(COC)CC2)CC1. The molecule has 0 unspecified atom stereocenters. The van der Waals surface area contributed by atoms with Crippen molar-refractivity contribution in [3.63, 3.8) is 0 Å². The van der Waals surface area contributed by atoms with Crippen LogP contribution in [-0.4, -0.2) is 50.3 Å². The van der Waals surface area contributed by atoms with Gasteiger partial charge in [-0.3, -0.25) is 0 Å². The number of methoxy groups -OCH3 is 1. The van der Waals surface area contributed by atoms with Crippen molar-refractivity contribution in [1.82, 2.24) is 10.2 Å². The molecular weight excluding hydrogens is 236 g/mol. The molecule has 0 aromatic heterocycles. The highest BCUT2D eigenvalue weighted by Crippen LogP contribution is 2.27. The Morgan fingerprint density at radius 1 is 1.05 bits per heavy atom. The highest BCUT2D eigenvalue weighted by Gasteiger charge is 2.28. The van der Waals surface area contributed by atoms with E-state index in [1.165, 1.54) is 64.6 Å². The van der Waals surface area contributed by atoms with E-state index in [2.05, 4.69) is 17.1 Å². The minimum absolute atomic E-state index is 0.794. The fraction of sp³-hybridized carbons (Fsp3) is 1.00. The Morgan fingerprint density at radius 2 is 1.74 bits per heavy atom. The molecule has 2 rings (SSSR count). The monoisotopic (exact) mass is 268 g/mol. The summed E-state index contributed by atoms with van der Waals surface area (Å²) >= 11 is 0. The second kappa shape index (κ2) is 8.23. The van der Waals surface area contributed by atoms with Crippen LogP contribution in [0.15, 0.2) is 0 Å². The summed E-state index contributed by atoms with van der Waals surface area (Å²) in [4.78, 5) is 2.75. The molecule has 0 atom stereocenters. The summed E-state index contributed by atoms with van der Waals surface area (Å²) in [5.41, 5.74) is 0. The Labute approximate surface area is 119 Å². The van der Waals surface area contributed by atoms with Crippen molar-refractivity contribution in [3.8, 4) is 0 Å². The Kier molecular flexibility index (Phi) is 6.62. The molecule has 1 saturated heterocycles. The van der Waals surface area contributed by atoms with Gasteiger partial charge in [0.05, 0.1) is 0 Å². The Balaban J connectivity index is 1.65. The number of rotatable bonds is 6. The lowest BCUT2D eigenvalue weighted by molar-refractivity contribution is 0.0651. The van der Waals surface area contributed by atoms with Crippen LogP contribution in [0.5, 0.6) is 0 Å². The van der Waals surface area contributed by atoms with E-state index in [0.29, 0.717) is 0 Å². The molecule has 0 aromatic carbocycles. The molecule has 3 nitrogen and oxygen atoms in total. The summed E-state index contributed by atoms with van der Waals surface area (Å²) in [6, 6.07) is 1.66. The second-order valence-corrected chi connectivity index (χ2v) is 6.39. The predicted molar refractivity (Wildman–Crippen MR) is 80.5 cm³/mol. The van der Waals surface area contributed by atoms with Gasteiger partial charge in [0.15, 0.2) is 0 Å². The van der Waals surface area contributed by atoms with E-state index in [0.717, 1.165) is 24.6 Å². The van der Waals surface area contributed by atoms with Crippen LogP contribution in [0.1, 0.15) is 51.9 Å². The molecule has 0 amide bonds. The van der Waals surface area contributed by atoms with Crippen molar-refractivity contribution in [2.24, 2.45) is 5.92 Å². The topological polar surface area (TPSA) is 24.5 Å². The van der Waals surface area contributed by atoms with Gasteiger partial charge in [0, 0.05) is 25.8 Å². The van der Waals surface area contributed by atoms with E-state index < -0.39 is 0 Å². The minimum atomic E-state index is 0.794. The third-order valence-electron chi connectivity index (χ3n) is 4.95. The quantitative estimate of drug-likeness (QED) is 0.801. The number of nitrogens with zero attached hydrogens (tertiary/aromatic N) is 1. The normalized spacial score (nSPS) is 30.6. The van der Waals surface area contributed by atoms with Crippen LogP contribution in [0.4, 0.5) is 0 Å². The zero-order valence-electron chi connectivity index (χ0n) is 12.9. The first kappa shape index (κ1) is 15.3. The van der Waals surface area contributed by atoms with Gasteiger partial charge in [0.1, 0.15) is 0 Å². The van der Waals surface area contributed by atoms with Crippen LogP contribution in [-0.2, 0) is 4.74 Å². The Morgan fingerprint density at radius 3 is 2.32 bits per heavy atom. The van der Waals surface area contributed by atoms with Crippen LogP contribution in [0.3, 0.4) is 0 Å². The summed E-state index contributed by atoms with van der Waals surface area (Å²) < 4.78 is 5.29. The number of likely N-dealkylation sites (tertiary alicyclic amines) is 1. The lowest BCUT2D eigenvalue weighted by atomic mass is 9.88. The van der Waals surface area contributed by atoms with Gasteiger partial charge in [-0.1, -0.05) is 6.92 Å². The minimum Gasteiger partial charge on any atom is -0.384 e. The number of hydrogen-bond donors (Lipinski definition) is 1. The zero-order chi connectivity index (χ0) is 13.5. The molecule has 0 spiro atoms. The maximum atomic E-state index is 5.29. The molecule has 2 aliphatic rings. The lowest BCUT2D eigenvalue weighted by Crippen LogP contribution is -2.46. The zero-order valence-corrected chi connectivity index (χ0v) is 12.9. The standard InChI is InChI=1S/C16H32N2O/c1-3-10-17-15-4-6-16(7-5-15)18-11-8-14(9-12-18)13-19-2/h14-17H,3-13H2,1-2H3. The van der Waals surface area contributed by atoms with Crippen molar-refractivity contribution < 1.29 is 4.74 Å². The molecule has 3 heteroatoms. The molecule has 112 valence electrons. The third kappa shape index (κ3) is 4.73. The molecule has 1 N–H and O–H groups in total. The van der Waals surface area contributed by atoms with Gasteiger partial charge >= 0.3 is 0 Å². The van der Waals surface area contributed by atoms with Crippen LogP contribution in [0.25, 0.3) is 0 Å². The van der Waals surface area contributed by atoms with Crippen molar-refractivity contribution in [1.29, 1.82) is 0 Å². The van der Waals surface area contributed by atoms with Gasteiger partial charge in [-0.15, -0.1) is 0 Å². The first-order chi connectivity index (χ1) is 9.33. The summed E-state index contributed by atoms with van der Waals surface area (Å²) in [5.74, 6) is 0.809. The van der Waals surface area contributed by atoms with E-state index in [1.54, 1.807) is 0 Å². The molecule has 0 radical (unpaired) electrons. The first-order valence-electron chi connectivity index (χ1n) is 8.29. The average molecular weight is 268 g/mol. The number of hydrogen-bond acceptors (Lipinski definition) is 3. The summed E-state index contributed by atoms with van der Waals surface area (Å²) in [6.07, 6.45) is 9.48. The van der Waals surface area contributed by atoms with Crippen LogP contribution >= 0.6 is 0 Å². The van der Waals surface area contributed by atoms with E-state index in [9.17, 15) is 0 Å². The highest BCUT2D eigenvalue weighted by atomic mass is 16.5. The predicted octanol–water partition coefficient (Wildman–Crippen LogP) is 2.66. The van der Waals surface area contributed by atoms with Gasteiger partial charge in [-0.2, -0.15) is 0 Å². The fourth-order valence-electron chi connectivity index (χ4n) is 3.71. The number of nitrogens with one attached hydrogen (secondary N) is 1. The largest absolute Gasteiger partial charge is 0.384 e. The second-order valence-electron chi connectivity index (χ2n) is 6.39. The highest BCUT2D eigenvalue weighted by molar-refractivity contribution is 4.85. The van der Waals surface area contributed by atoms with E-state index in [1.807, 2.05) is 7.11 Å². The van der Waals surface area contributed by atoms with Crippen molar-refractivity contribution >= 4 is 0 Å². The lowest BCUT2D eigenvalue weighted by Gasteiger charge is -2.41. The Bertz CT molecular complexity index is 231. The molecule has 0 bridgehead atoms. The number of piperidine rings is 1. The van der Waals surface area contributed by atoms with Gasteiger partial charge < -0.3 is 15.0 Å². The van der Waals surface area contributed by atoms with Crippen LogP contribution in [0.2, 0.25) is 0 Å². The average Bonchev–Trinajstić information content (AvgIpc) is 2.47. The first-order valence-corrected chi connectivity index (χ1v) is 8.29. The van der Waals surface area contributed by atoms with Crippen molar-refractivity contribution in [2.45, 2.75) is 64.0 Å². The number of ether oxygens (including phenoxy) is 1. The maximum Gasteiger partial charge on any atom is 0.0491 e. The maximum absolute atomic E-state index is 5.29. The summed E-state index contributed by atoms with van der Waals surface area (Å²) in [5, 5.41) is 3.68. The molecule has 2 fully saturated rings. The summed E-state index contributed by atoms with van der Waals surface area (Å²) in [6.45, 7) is 7.00. The Hall–Kier alpha value is -0.120. The summed E-state index contributed by atoms with van der Waals surface area (Å²) in [7, 11) is 1.83. The van der Waals surface area contributed by atoms with Gasteiger partial charge in [-0.25, -0.2) is 0 Å².